The number of aromatic nitrogens is 3. The molecule has 30 heavy (non-hydrogen) atoms. The molecule has 0 saturated carbocycles. The lowest BCUT2D eigenvalue weighted by Gasteiger charge is -2.34. The van der Waals surface area contributed by atoms with Gasteiger partial charge >= 0.3 is 5.97 Å². The predicted octanol–water partition coefficient (Wildman–Crippen LogP) is 2.11. The molecule has 1 N–H and O–H groups in total. The fourth-order valence-corrected chi connectivity index (χ4v) is 3.74. The number of nitrogens with zero attached hydrogens (tertiary/aromatic N) is 4. The van der Waals surface area contributed by atoms with Gasteiger partial charge in [0.1, 0.15) is 11.7 Å². The second kappa shape index (κ2) is 10.2. The molecule has 2 atom stereocenters. The van der Waals surface area contributed by atoms with Crippen LogP contribution in [0.25, 0.3) is 0 Å². The van der Waals surface area contributed by atoms with Gasteiger partial charge in [-0.05, 0) is 19.1 Å². The maximum atomic E-state index is 13.1. The summed E-state index contributed by atoms with van der Waals surface area (Å²) in [4.78, 5) is 26.2. The second-order valence-electron chi connectivity index (χ2n) is 6.71. The molecule has 162 valence electrons. The van der Waals surface area contributed by atoms with Crippen LogP contribution in [0.5, 0.6) is 0 Å². The zero-order valence-corrected chi connectivity index (χ0v) is 17.8. The summed E-state index contributed by atoms with van der Waals surface area (Å²) in [5.74, 6) is -0.810. The molecule has 9 nitrogen and oxygen atoms in total. The summed E-state index contributed by atoms with van der Waals surface area (Å²) in [6.45, 7) is 2.95. The lowest BCUT2D eigenvalue weighted by molar-refractivity contribution is -0.145. The Labute approximate surface area is 183 Å². The topological polar surface area (TPSA) is 107 Å². The Kier molecular flexibility index (Phi) is 7.65. The highest BCUT2D eigenvalue weighted by Gasteiger charge is 2.33. The summed E-state index contributed by atoms with van der Waals surface area (Å²) >= 11 is 12.4. The van der Waals surface area contributed by atoms with Crippen LogP contribution in [0.1, 0.15) is 35.4 Å². The number of aliphatic hydroxyl groups excluding tert-OH is 1. The van der Waals surface area contributed by atoms with E-state index in [9.17, 15) is 14.7 Å². The average molecular weight is 457 g/mol. The Bertz CT molecular complexity index is 887. The smallest absolute Gasteiger partial charge is 0.308 e. The number of hydrogen-bond donors (Lipinski definition) is 1. The van der Waals surface area contributed by atoms with Crippen molar-refractivity contribution in [1.82, 2.24) is 19.9 Å². The van der Waals surface area contributed by atoms with E-state index in [-0.39, 0.29) is 47.7 Å². The number of carbonyl (C=O) groups is 2. The van der Waals surface area contributed by atoms with Gasteiger partial charge in [0, 0.05) is 6.54 Å². The molecule has 1 unspecified atom stereocenters. The first-order chi connectivity index (χ1) is 14.4. The Hall–Kier alpha value is -2.20. The molecule has 0 spiro atoms. The minimum absolute atomic E-state index is 0.0592. The first-order valence-electron chi connectivity index (χ1n) is 9.47. The van der Waals surface area contributed by atoms with Gasteiger partial charge in [0.25, 0.3) is 5.91 Å². The first-order valence-corrected chi connectivity index (χ1v) is 10.2. The number of morpholine rings is 1. The number of esters is 1. The lowest BCUT2D eigenvalue weighted by atomic mass is 10.1. The van der Waals surface area contributed by atoms with Gasteiger partial charge in [0.05, 0.1) is 60.7 Å². The van der Waals surface area contributed by atoms with Gasteiger partial charge in [0.2, 0.25) is 0 Å². The molecule has 0 bridgehead atoms. The minimum Gasteiger partial charge on any atom is -0.466 e. The van der Waals surface area contributed by atoms with Crippen molar-refractivity contribution in [3.63, 3.8) is 0 Å². The van der Waals surface area contributed by atoms with Crippen molar-refractivity contribution in [2.45, 2.75) is 32.0 Å². The third-order valence-electron chi connectivity index (χ3n) is 4.57. The molecule has 1 fully saturated rings. The first kappa shape index (κ1) is 22.5. The number of aliphatic hydroxyl groups is 1. The number of benzene rings is 1. The maximum Gasteiger partial charge on any atom is 0.308 e. The molecule has 1 amide bonds. The van der Waals surface area contributed by atoms with Crippen LogP contribution in [0.2, 0.25) is 10.0 Å². The second-order valence-corrected chi connectivity index (χ2v) is 7.53. The van der Waals surface area contributed by atoms with Gasteiger partial charge in [-0.1, -0.05) is 34.5 Å². The van der Waals surface area contributed by atoms with Crippen LogP contribution in [0.3, 0.4) is 0 Å². The summed E-state index contributed by atoms with van der Waals surface area (Å²) in [6, 6.07) is 4.40. The normalized spacial score (nSPS) is 17.6. The molecule has 1 aromatic carbocycles. The van der Waals surface area contributed by atoms with Gasteiger partial charge in [-0.2, -0.15) is 0 Å². The third-order valence-corrected chi connectivity index (χ3v) is 5.20. The van der Waals surface area contributed by atoms with Crippen molar-refractivity contribution in [3.05, 3.63) is 45.7 Å². The molecule has 0 radical (unpaired) electrons. The van der Waals surface area contributed by atoms with Crippen molar-refractivity contribution in [1.29, 1.82) is 0 Å². The summed E-state index contributed by atoms with van der Waals surface area (Å²) in [5.41, 5.74) is 0.722. The van der Waals surface area contributed by atoms with Crippen molar-refractivity contribution in [2.24, 2.45) is 0 Å². The Balaban J connectivity index is 1.74. The molecule has 2 heterocycles. The molecule has 1 aliphatic heterocycles. The molecule has 2 aromatic rings. The highest BCUT2D eigenvalue weighted by atomic mass is 35.5. The van der Waals surface area contributed by atoms with Gasteiger partial charge in [-0.25, -0.2) is 4.68 Å². The summed E-state index contributed by atoms with van der Waals surface area (Å²) in [7, 11) is 0. The van der Waals surface area contributed by atoms with Crippen molar-refractivity contribution >= 4 is 35.1 Å². The molecular weight excluding hydrogens is 435 g/mol. The standard InChI is InChI=1S/C19H22Cl2N4O5/c1-2-30-17(27)8-12(26)9-24-10-15(22-23-24)16-11-29-7-6-25(16)19(28)18-13(20)4-3-5-14(18)21/h3-5,10,12,16,26H,2,6-9,11H2,1H3/t12-,16?/m1/s1. The van der Waals surface area contributed by atoms with E-state index in [1.807, 2.05) is 0 Å². The number of rotatable bonds is 7. The van der Waals surface area contributed by atoms with Gasteiger partial charge in [-0.3, -0.25) is 9.59 Å². The van der Waals surface area contributed by atoms with Crippen LogP contribution in [0.15, 0.2) is 24.4 Å². The van der Waals surface area contributed by atoms with Crippen molar-refractivity contribution in [2.75, 3.05) is 26.4 Å². The number of carbonyl (C=O) groups excluding carboxylic acids is 2. The fourth-order valence-electron chi connectivity index (χ4n) is 3.19. The van der Waals surface area contributed by atoms with Gasteiger partial charge in [-0.15, -0.1) is 5.10 Å². The van der Waals surface area contributed by atoms with Crippen LogP contribution in [0, 0.1) is 0 Å². The Morgan fingerprint density at radius 1 is 1.37 bits per heavy atom. The van der Waals surface area contributed by atoms with Crippen LogP contribution < -0.4 is 0 Å². The van der Waals surface area contributed by atoms with E-state index in [2.05, 4.69) is 10.3 Å². The van der Waals surface area contributed by atoms with E-state index in [1.165, 1.54) is 4.68 Å². The van der Waals surface area contributed by atoms with Crippen LogP contribution in [-0.2, 0) is 20.8 Å². The van der Waals surface area contributed by atoms with E-state index in [1.54, 1.807) is 36.2 Å². The van der Waals surface area contributed by atoms with E-state index < -0.39 is 18.1 Å². The molecule has 1 saturated heterocycles. The lowest BCUT2D eigenvalue weighted by Crippen LogP contribution is -2.43. The van der Waals surface area contributed by atoms with E-state index in [4.69, 9.17) is 32.7 Å². The SMILES string of the molecule is CCOC(=O)C[C@@H](O)Cn1cc(C2COCCN2C(=O)c2c(Cl)cccc2Cl)nn1. The third kappa shape index (κ3) is 5.28. The predicted molar refractivity (Wildman–Crippen MR) is 108 cm³/mol. The van der Waals surface area contributed by atoms with Crippen molar-refractivity contribution in [3.8, 4) is 0 Å². The average Bonchev–Trinajstić information content (AvgIpc) is 3.16. The minimum atomic E-state index is -0.971. The Morgan fingerprint density at radius 3 is 2.80 bits per heavy atom. The molecule has 1 aliphatic rings. The van der Waals surface area contributed by atoms with Gasteiger partial charge in [0.15, 0.2) is 0 Å². The zero-order chi connectivity index (χ0) is 21.7. The largest absolute Gasteiger partial charge is 0.466 e. The highest BCUT2D eigenvalue weighted by molar-refractivity contribution is 6.39. The zero-order valence-electron chi connectivity index (χ0n) is 16.3. The molecular formula is C19H22Cl2N4O5. The Morgan fingerprint density at radius 2 is 2.10 bits per heavy atom. The number of ether oxygens (including phenoxy) is 2. The van der Waals surface area contributed by atoms with Crippen LogP contribution in [-0.4, -0.2) is 69.3 Å². The van der Waals surface area contributed by atoms with Crippen LogP contribution in [0.4, 0.5) is 0 Å². The van der Waals surface area contributed by atoms with Gasteiger partial charge < -0.3 is 19.5 Å². The number of hydrogen-bond acceptors (Lipinski definition) is 7. The monoisotopic (exact) mass is 456 g/mol. The molecule has 11 heteroatoms. The molecule has 0 aliphatic carbocycles. The van der Waals surface area contributed by atoms with Crippen molar-refractivity contribution < 1.29 is 24.2 Å². The highest BCUT2D eigenvalue weighted by Crippen LogP contribution is 2.30. The quantitative estimate of drug-likeness (QED) is 0.635. The molecule has 1 aromatic heterocycles. The van der Waals surface area contributed by atoms with E-state index in [0.717, 1.165) is 0 Å². The summed E-state index contributed by atoms with van der Waals surface area (Å²) in [5, 5.41) is 18.7. The summed E-state index contributed by atoms with van der Waals surface area (Å²) < 4.78 is 11.8. The van der Waals surface area contributed by atoms with Crippen LogP contribution >= 0.6 is 23.2 Å². The summed E-state index contributed by atoms with van der Waals surface area (Å²) in [6.07, 6.45) is 0.494. The van der Waals surface area contributed by atoms with E-state index in [0.29, 0.717) is 18.8 Å². The fraction of sp³-hybridized carbons (Fsp3) is 0.474. The number of amides is 1. The van der Waals surface area contributed by atoms with E-state index >= 15 is 0 Å². The molecule has 3 rings (SSSR count). The maximum absolute atomic E-state index is 13.1. The number of halogens is 2.